The molecule has 2 atom stereocenters. The summed E-state index contributed by atoms with van der Waals surface area (Å²) in [6.45, 7) is 2.77. The number of carbonyl (C=O) groups is 1. The largest absolute Gasteiger partial charge is 0.491 e. The van der Waals surface area contributed by atoms with Crippen LogP contribution in [0.1, 0.15) is 28.2 Å². The Kier molecular flexibility index (Phi) is 6.78. The third-order valence-corrected chi connectivity index (χ3v) is 4.85. The van der Waals surface area contributed by atoms with E-state index in [4.69, 9.17) is 4.74 Å². The highest BCUT2D eigenvalue weighted by molar-refractivity contribution is 7.10. The normalized spacial score (nSPS) is 13.5. The van der Waals surface area contributed by atoms with Gasteiger partial charge in [0.2, 0.25) is 0 Å². The topological polar surface area (TPSA) is 59.0 Å². The van der Waals surface area contributed by atoms with Crippen molar-refractivity contribution in [2.75, 3.05) is 27.3 Å². The Morgan fingerprint density at radius 1 is 1.33 bits per heavy atom. The molecule has 1 aromatic heterocycles. The average Bonchev–Trinajstić information content (AvgIpc) is 3.13. The highest BCUT2D eigenvalue weighted by Gasteiger charge is 2.17. The Hall–Kier alpha value is -1.89. The van der Waals surface area contributed by atoms with E-state index in [1.165, 1.54) is 12.0 Å². The fourth-order valence-corrected chi connectivity index (χ4v) is 3.16. The van der Waals surface area contributed by atoms with Crippen molar-refractivity contribution in [3.8, 4) is 5.75 Å². The molecule has 5 nitrogen and oxygen atoms in total. The number of hydrogen-bond acceptors (Lipinski definition) is 6. The van der Waals surface area contributed by atoms with E-state index < -0.39 is 12.1 Å². The van der Waals surface area contributed by atoms with E-state index in [9.17, 15) is 9.90 Å². The first kappa shape index (κ1) is 18.4. The minimum atomic E-state index is -0.626. The fraction of sp³-hybridized carbons (Fsp3) is 0.389. The van der Waals surface area contributed by atoms with Crippen molar-refractivity contribution < 1.29 is 19.4 Å². The molecule has 0 bridgehead atoms. The Bertz CT molecular complexity index is 644. The maximum absolute atomic E-state index is 11.5. The zero-order valence-corrected chi connectivity index (χ0v) is 15.0. The molecule has 0 saturated carbocycles. The van der Waals surface area contributed by atoms with Crippen LogP contribution in [0.15, 0.2) is 41.8 Å². The van der Waals surface area contributed by atoms with Gasteiger partial charge in [-0.05, 0) is 43.6 Å². The molecule has 2 rings (SSSR count). The van der Waals surface area contributed by atoms with Gasteiger partial charge in [-0.25, -0.2) is 4.79 Å². The molecule has 1 heterocycles. The minimum Gasteiger partial charge on any atom is -0.491 e. The molecule has 24 heavy (non-hydrogen) atoms. The monoisotopic (exact) mass is 349 g/mol. The lowest BCUT2D eigenvalue weighted by Crippen LogP contribution is -2.34. The van der Waals surface area contributed by atoms with E-state index in [2.05, 4.69) is 22.6 Å². The number of hydrogen-bond donors (Lipinski definition) is 1. The highest BCUT2D eigenvalue weighted by Crippen LogP contribution is 2.23. The smallest absolute Gasteiger partial charge is 0.337 e. The molecule has 130 valence electrons. The molecule has 0 unspecified atom stereocenters. The molecule has 0 fully saturated rings. The van der Waals surface area contributed by atoms with Crippen LogP contribution >= 0.6 is 11.3 Å². The Morgan fingerprint density at radius 2 is 2.12 bits per heavy atom. The quantitative estimate of drug-likeness (QED) is 0.743. The molecule has 0 radical (unpaired) electrons. The van der Waals surface area contributed by atoms with Gasteiger partial charge in [0.25, 0.3) is 0 Å². The summed E-state index contributed by atoms with van der Waals surface area (Å²) in [4.78, 5) is 14.9. The van der Waals surface area contributed by atoms with Gasteiger partial charge in [-0.1, -0.05) is 12.1 Å². The standard InChI is InChI=1S/C18H23NO4S/c1-13(17-8-5-9-24-17)19(2)11-15(20)12-23-16-7-4-6-14(10-16)18(21)22-3/h4-10,13,15,20H,11-12H2,1-3H3/t13-,15-/m0/s1. The van der Waals surface area contributed by atoms with Gasteiger partial charge in [-0.15, -0.1) is 11.3 Å². The number of esters is 1. The number of aliphatic hydroxyl groups is 1. The third-order valence-electron chi connectivity index (χ3n) is 3.81. The van der Waals surface area contributed by atoms with Crippen LogP contribution in [0, 0.1) is 0 Å². The molecular formula is C18H23NO4S. The van der Waals surface area contributed by atoms with Crippen LogP contribution in [0.5, 0.6) is 5.75 Å². The zero-order chi connectivity index (χ0) is 17.5. The number of likely N-dealkylation sites (N-methyl/N-ethyl adjacent to an activating group) is 1. The van der Waals surface area contributed by atoms with E-state index in [1.54, 1.807) is 35.6 Å². The zero-order valence-electron chi connectivity index (χ0n) is 14.1. The van der Waals surface area contributed by atoms with Crippen molar-refractivity contribution in [1.29, 1.82) is 0 Å². The summed E-state index contributed by atoms with van der Waals surface area (Å²) in [5.41, 5.74) is 0.424. The van der Waals surface area contributed by atoms with Crippen LogP contribution in [-0.4, -0.2) is 49.4 Å². The Balaban J connectivity index is 1.84. The van der Waals surface area contributed by atoms with Gasteiger partial charge < -0.3 is 14.6 Å². The van der Waals surface area contributed by atoms with E-state index >= 15 is 0 Å². The van der Waals surface area contributed by atoms with Gasteiger partial charge in [0, 0.05) is 17.5 Å². The first-order valence-corrected chi connectivity index (χ1v) is 8.62. The van der Waals surface area contributed by atoms with Gasteiger partial charge in [-0.3, -0.25) is 4.90 Å². The number of carbonyl (C=O) groups excluding carboxylic acids is 1. The molecule has 0 aliphatic carbocycles. The van der Waals surface area contributed by atoms with Gasteiger partial charge in [0.1, 0.15) is 18.5 Å². The molecule has 2 aromatic rings. The molecular weight excluding hydrogens is 326 g/mol. The summed E-state index contributed by atoms with van der Waals surface area (Å²) in [5, 5.41) is 12.2. The molecule has 1 N–H and O–H groups in total. The predicted octanol–water partition coefficient (Wildman–Crippen LogP) is 2.97. The molecule has 6 heteroatoms. The SMILES string of the molecule is COC(=O)c1cccc(OC[C@@H](O)CN(C)[C@@H](C)c2cccs2)c1. The van der Waals surface area contributed by atoms with Crippen molar-refractivity contribution in [3.05, 3.63) is 52.2 Å². The summed E-state index contributed by atoms with van der Waals surface area (Å²) in [6.07, 6.45) is -0.626. The average molecular weight is 349 g/mol. The van der Waals surface area contributed by atoms with Crippen molar-refractivity contribution in [1.82, 2.24) is 4.90 Å². The molecule has 0 saturated heterocycles. The van der Waals surface area contributed by atoms with Crippen LogP contribution in [0.4, 0.5) is 0 Å². The van der Waals surface area contributed by atoms with Gasteiger partial charge in [0.05, 0.1) is 12.7 Å². The first-order chi connectivity index (χ1) is 11.5. The van der Waals surface area contributed by atoms with Crippen molar-refractivity contribution in [2.45, 2.75) is 19.1 Å². The van der Waals surface area contributed by atoms with Gasteiger partial charge >= 0.3 is 5.97 Å². The third kappa shape index (κ3) is 5.06. The first-order valence-electron chi connectivity index (χ1n) is 7.74. The number of thiophene rings is 1. The Morgan fingerprint density at radius 3 is 2.79 bits per heavy atom. The fourth-order valence-electron chi connectivity index (χ4n) is 2.31. The van der Waals surface area contributed by atoms with Crippen LogP contribution in [0.3, 0.4) is 0 Å². The van der Waals surface area contributed by atoms with Crippen molar-refractivity contribution in [2.24, 2.45) is 0 Å². The lowest BCUT2D eigenvalue weighted by atomic mass is 10.2. The van der Waals surface area contributed by atoms with E-state index in [0.29, 0.717) is 17.9 Å². The van der Waals surface area contributed by atoms with E-state index in [0.717, 1.165) is 0 Å². The van der Waals surface area contributed by atoms with E-state index in [-0.39, 0.29) is 12.6 Å². The summed E-state index contributed by atoms with van der Waals surface area (Å²) >= 11 is 1.70. The number of aliphatic hydroxyl groups excluding tert-OH is 1. The highest BCUT2D eigenvalue weighted by atomic mass is 32.1. The predicted molar refractivity (Wildman–Crippen MR) is 94.6 cm³/mol. The summed E-state index contributed by atoms with van der Waals surface area (Å²) < 4.78 is 10.3. The Labute approximate surface area is 146 Å². The summed E-state index contributed by atoms with van der Waals surface area (Å²) in [5.74, 6) is 0.122. The number of rotatable bonds is 8. The maximum Gasteiger partial charge on any atom is 0.337 e. The lowest BCUT2D eigenvalue weighted by Gasteiger charge is -2.26. The lowest BCUT2D eigenvalue weighted by molar-refractivity contribution is 0.0597. The van der Waals surface area contributed by atoms with Gasteiger partial charge in [0.15, 0.2) is 0 Å². The number of benzene rings is 1. The van der Waals surface area contributed by atoms with Crippen LogP contribution in [0.2, 0.25) is 0 Å². The summed E-state index contributed by atoms with van der Waals surface area (Å²) in [7, 11) is 3.32. The number of ether oxygens (including phenoxy) is 2. The second-order valence-corrected chi connectivity index (χ2v) is 6.59. The number of methoxy groups -OCH3 is 1. The summed E-state index contributed by atoms with van der Waals surface area (Å²) in [6, 6.07) is 11.1. The minimum absolute atomic E-state index is 0.159. The molecule has 1 aromatic carbocycles. The second-order valence-electron chi connectivity index (χ2n) is 5.62. The van der Waals surface area contributed by atoms with Crippen LogP contribution in [-0.2, 0) is 4.74 Å². The molecule has 0 amide bonds. The van der Waals surface area contributed by atoms with Crippen LogP contribution < -0.4 is 4.74 Å². The number of nitrogens with zero attached hydrogens (tertiary/aromatic N) is 1. The molecule has 0 aliphatic heterocycles. The van der Waals surface area contributed by atoms with Crippen molar-refractivity contribution in [3.63, 3.8) is 0 Å². The second kappa shape index (κ2) is 8.82. The van der Waals surface area contributed by atoms with Crippen LogP contribution in [0.25, 0.3) is 0 Å². The van der Waals surface area contributed by atoms with Crippen molar-refractivity contribution >= 4 is 17.3 Å². The molecule has 0 aliphatic rings. The maximum atomic E-state index is 11.5. The molecule has 0 spiro atoms. The van der Waals surface area contributed by atoms with E-state index in [1.807, 2.05) is 18.5 Å². The van der Waals surface area contributed by atoms with Gasteiger partial charge in [-0.2, -0.15) is 0 Å².